The van der Waals surface area contributed by atoms with Crippen LogP contribution in [0.3, 0.4) is 0 Å². The summed E-state index contributed by atoms with van der Waals surface area (Å²) in [5, 5.41) is 0. The van der Waals surface area contributed by atoms with Gasteiger partial charge in [0.15, 0.2) is 0 Å². The Morgan fingerprint density at radius 1 is 1.04 bits per heavy atom. The lowest BCUT2D eigenvalue weighted by Gasteiger charge is -2.13. The van der Waals surface area contributed by atoms with Gasteiger partial charge in [0.2, 0.25) is 0 Å². The number of hydrogen-bond acceptors (Lipinski definition) is 5. The maximum absolute atomic E-state index is 12.6. The maximum atomic E-state index is 12.6. The smallest absolute Gasteiger partial charge is 0.339 e. The van der Waals surface area contributed by atoms with Crippen molar-refractivity contribution in [3.8, 4) is 5.75 Å². The van der Waals surface area contributed by atoms with Gasteiger partial charge in [-0.1, -0.05) is 18.2 Å². The van der Waals surface area contributed by atoms with Crippen molar-refractivity contribution in [2.24, 2.45) is 0 Å². The van der Waals surface area contributed by atoms with E-state index in [9.17, 15) is 13.2 Å². The highest BCUT2D eigenvalue weighted by Crippen LogP contribution is 2.26. The van der Waals surface area contributed by atoms with Crippen molar-refractivity contribution in [2.45, 2.75) is 25.7 Å². The van der Waals surface area contributed by atoms with Crippen LogP contribution in [0, 0.1) is 20.8 Å². The third-order valence-corrected chi connectivity index (χ3v) is 4.88. The summed E-state index contributed by atoms with van der Waals surface area (Å²) in [4.78, 5) is 11.7. The van der Waals surface area contributed by atoms with Crippen molar-refractivity contribution in [3.63, 3.8) is 0 Å². The minimum Gasteiger partial charge on any atom is -0.465 e. The van der Waals surface area contributed by atoms with Crippen molar-refractivity contribution in [2.75, 3.05) is 7.11 Å². The van der Waals surface area contributed by atoms with Crippen LogP contribution in [0.1, 0.15) is 27.0 Å². The van der Waals surface area contributed by atoms with Crippen molar-refractivity contribution < 1.29 is 22.1 Å². The second-order valence-corrected chi connectivity index (χ2v) is 6.74. The SMILES string of the molecule is COC(=O)c1cccc(S(=O)(=O)Oc2cc(C)ccc2C)c1C. The van der Waals surface area contributed by atoms with E-state index >= 15 is 0 Å². The fourth-order valence-electron chi connectivity index (χ4n) is 2.18. The Kier molecular flexibility index (Phi) is 4.75. The Balaban J connectivity index is 2.48. The molecule has 23 heavy (non-hydrogen) atoms. The maximum Gasteiger partial charge on any atom is 0.339 e. The number of carbonyl (C=O) groups excluding carboxylic acids is 1. The zero-order valence-electron chi connectivity index (χ0n) is 13.4. The lowest BCUT2D eigenvalue weighted by Crippen LogP contribution is -2.14. The predicted molar refractivity (Wildman–Crippen MR) is 86.2 cm³/mol. The molecule has 0 aliphatic rings. The highest BCUT2D eigenvalue weighted by atomic mass is 32.2. The van der Waals surface area contributed by atoms with E-state index in [1.165, 1.54) is 25.3 Å². The number of benzene rings is 2. The lowest BCUT2D eigenvalue weighted by atomic mass is 10.1. The molecule has 2 aromatic carbocycles. The van der Waals surface area contributed by atoms with Crippen LogP contribution < -0.4 is 4.18 Å². The molecular formula is C17H18O5S. The van der Waals surface area contributed by atoms with Gasteiger partial charge in [0.1, 0.15) is 10.6 Å². The molecule has 0 atom stereocenters. The molecule has 2 rings (SSSR count). The highest BCUT2D eigenvalue weighted by molar-refractivity contribution is 7.87. The average Bonchev–Trinajstić information content (AvgIpc) is 2.50. The van der Waals surface area contributed by atoms with Gasteiger partial charge in [-0.3, -0.25) is 0 Å². The van der Waals surface area contributed by atoms with Gasteiger partial charge in [0.05, 0.1) is 12.7 Å². The fourth-order valence-corrected chi connectivity index (χ4v) is 3.41. The standard InChI is InChI=1S/C17H18O5S/c1-11-8-9-12(2)15(10-11)22-23(19,20)16-7-5-6-14(13(16)3)17(18)21-4/h5-10H,1-4H3. The van der Waals surface area contributed by atoms with Crippen LogP contribution in [-0.4, -0.2) is 21.5 Å². The van der Waals surface area contributed by atoms with Gasteiger partial charge in [-0.25, -0.2) is 4.79 Å². The second kappa shape index (κ2) is 6.42. The summed E-state index contributed by atoms with van der Waals surface area (Å²) in [6.07, 6.45) is 0. The van der Waals surface area contributed by atoms with E-state index in [1.54, 1.807) is 26.0 Å². The minimum absolute atomic E-state index is 0.0543. The third-order valence-electron chi connectivity index (χ3n) is 3.50. The zero-order valence-corrected chi connectivity index (χ0v) is 14.2. The summed E-state index contributed by atoms with van der Waals surface area (Å²) in [6.45, 7) is 5.16. The second-order valence-electron chi connectivity index (χ2n) is 5.23. The number of hydrogen-bond donors (Lipinski definition) is 0. The van der Waals surface area contributed by atoms with Crippen LogP contribution in [0.15, 0.2) is 41.3 Å². The number of ether oxygens (including phenoxy) is 1. The van der Waals surface area contributed by atoms with Crippen LogP contribution >= 0.6 is 0 Å². The molecule has 122 valence electrons. The summed E-state index contributed by atoms with van der Waals surface area (Å²) >= 11 is 0. The van der Waals surface area contributed by atoms with Crippen LogP contribution in [0.2, 0.25) is 0 Å². The highest BCUT2D eigenvalue weighted by Gasteiger charge is 2.23. The molecule has 0 N–H and O–H groups in total. The van der Waals surface area contributed by atoms with Crippen LogP contribution in [-0.2, 0) is 14.9 Å². The number of rotatable bonds is 4. The molecule has 0 amide bonds. The summed E-state index contributed by atoms with van der Waals surface area (Å²) in [6, 6.07) is 9.72. The van der Waals surface area contributed by atoms with Gasteiger partial charge in [-0.15, -0.1) is 0 Å². The molecule has 0 aliphatic carbocycles. The van der Waals surface area contributed by atoms with Gasteiger partial charge in [0.25, 0.3) is 0 Å². The molecule has 0 heterocycles. The molecule has 0 aliphatic heterocycles. The van der Waals surface area contributed by atoms with Crippen LogP contribution in [0.25, 0.3) is 0 Å². The molecule has 0 spiro atoms. The molecular weight excluding hydrogens is 316 g/mol. The molecule has 0 saturated carbocycles. The molecule has 2 aromatic rings. The largest absolute Gasteiger partial charge is 0.465 e. The molecule has 0 aromatic heterocycles. The fraction of sp³-hybridized carbons (Fsp3) is 0.235. The van der Waals surface area contributed by atoms with Crippen LogP contribution in [0.4, 0.5) is 0 Å². The first-order valence-corrected chi connectivity index (χ1v) is 8.37. The molecule has 0 saturated heterocycles. The molecule has 5 nitrogen and oxygen atoms in total. The Labute approximate surface area is 136 Å². The quantitative estimate of drug-likeness (QED) is 0.634. The molecule has 0 unspecified atom stereocenters. The summed E-state index contributed by atoms with van der Waals surface area (Å²) in [5.74, 6) is -0.320. The van der Waals surface area contributed by atoms with Gasteiger partial charge in [-0.2, -0.15) is 8.42 Å². The number of methoxy groups -OCH3 is 1. The Bertz CT molecular complexity index is 853. The lowest BCUT2D eigenvalue weighted by molar-refractivity contribution is 0.0599. The van der Waals surface area contributed by atoms with E-state index in [2.05, 4.69) is 4.74 Å². The molecule has 0 fully saturated rings. The van der Waals surface area contributed by atoms with E-state index in [0.29, 0.717) is 11.1 Å². The first-order chi connectivity index (χ1) is 10.8. The Morgan fingerprint density at radius 3 is 2.39 bits per heavy atom. The first-order valence-electron chi connectivity index (χ1n) is 6.96. The zero-order chi connectivity index (χ0) is 17.2. The number of carbonyl (C=O) groups is 1. The van der Waals surface area contributed by atoms with E-state index in [1.807, 2.05) is 13.0 Å². The normalized spacial score (nSPS) is 11.1. The van der Waals surface area contributed by atoms with Crippen molar-refractivity contribution in [1.29, 1.82) is 0 Å². The van der Waals surface area contributed by atoms with E-state index in [4.69, 9.17) is 4.18 Å². The third kappa shape index (κ3) is 3.53. The number of aryl methyl sites for hydroxylation is 2. The topological polar surface area (TPSA) is 69.7 Å². The van der Waals surface area contributed by atoms with Crippen molar-refractivity contribution >= 4 is 16.1 Å². The minimum atomic E-state index is -4.06. The van der Waals surface area contributed by atoms with E-state index < -0.39 is 16.1 Å². The summed E-state index contributed by atoms with van der Waals surface area (Å²) in [7, 11) is -2.81. The molecule has 6 heteroatoms. The van der Waals surface area contributed by atoms with Gasteiger partial charge >= 0.3 is 16.1 Å². The monoisotopic (exact) mass is 334 g/mol. The van der Waals surface area contributed by atoms with Gasteiger partial charge < -0.3 is 8.92 Å². The predicted octanol–water partition coefficient (Wildman–Crippen LogP) is 3.17. The van der Waals surface area contributed by atoms with E-state index in [0.717, 1.165) is 5.56 Å². The molecule has 0 radical (unpaired) electrons. The first kappa shape index (κ1) is 17.0. The average molecular weight is 334 g/mol. The summed E-state index contributed by atoms with van der Waals surface area (Å²) in [5.41, 5.74) is 2.09. The van der Waals surface area contributed by atoms with Gasteiger partial charge in [-0.05, 0) is 55.7 Å². The molecule has 0 bridgehead atoms. The number of esters is 1. The van der Waals surface area contributed by atoms with Gasteiger partial charge in [0, 0.05) is 0 Å². The van der Waals surface area contributed by atoms with Crippen molar-refractivity contribution in [1.82, 2.24) is 0 Å². The van der Waals surface area contributed by atoms with Crippen LogP contribution in [0.5, 0.6) is 5.75 Å². The van der Waals surface area contributed by atoms with Crippen molar-refractivity contribution in [3.05, 3.63) is 58.7 Å². The van der Waals surface area contributed by atoms with E-state index in [-0.39, 0.29) is 16.2 Å². The Morgan fingerprint density at radius 2 is 1.74 bits per heavy atom. The summed E-state index contributed by atoms with van der Waals surface area (Å²) < 4.78 is 35.1. The Hall–Kier alpha value is -2.34.